The van der Waals surface area contributed by atoms with E-state index in [4.69, 9.17) is 0 Å². The highest BCUT2D eigenvalue weighted by molar-refractivity contribution is 7.91. The van der Waals surface area contributed by atoms with Gasteiger partial charge in [0.15, 0.2) is 0 Å². The summed E-state index contributed by atoms with van der Waals surface area (Å²) in [5.41, 5.74) is 0. The van der Waals surface area contributed by atoms with Gasteiger partial charge in [0.05, 0.1) is 11.9 Å². The maximum absolute atomic E-state index is 11.2. The summed E-state index contributed by atoms with van der Waals surface area (Å²) in [6.07, 6.45) is 2.75. The molecule has 0 radical (unpaired) electrons. The van der Waals surface area contributed by atoms with Crippen LogP contribution in [-0.4, -0.2) is 31.1 Å². The van der Waals surface area contributed by atoms with E-state index in [2.05, 4.69) is 13.8 Å². The first kappa shape index (κ1) is 14.9. The zero-order valence-electron chi connectivity index (χ0n) is 10.1. The van der Waals surface area contributed by atoms with E-state index in [1.165, 1.54) is 0 Å². The van der Waals surface area contributed by atoms with E-state index >= 15 is 0 Å². The van der Waals surface area contributed by atoms with E-state index in [1.54, 1.807) is 6.92 Å². The summed E-state index contributed by atoms with van der Waals surface area (Å²) in [7, 11) is -2.87. The SMILES string of the molecule is CCC(CC)C(O)CCCS(=O)(=O)CC. The molecule has 0 bridgehead atoms. The molecule has 1 atom stereocenters. The van der Waals surface area contributed by atoms with Crippen LogP contribution in [0.4, 0.5) is 0 Å². The third kappa shape index (κ3) is 6.15. The van der Waals surface area contributed by atoms with Gasteiger partial charge in [-0.05, 0) is 18.8 Å². The van der Waals surface area contributed by atoms with Crippen molar-refractivity contribution in [1.82, 2.24) is 0 Å². The molecule has 0 rings (SSSR count). The smallest absolute Gasteiger partial charge is 0.150 e. The summed E-state index contributed by atoms with van der Waals surface area (Å²) >= 11 is 0. The lowest BCUT2D eigenvalue weighted by Crippen LogP contribution is -2.20. The average Bonchev–Trinajstić information content (AvgIpc) is 2.19. The zero-order chi connectivity index (χ0) is 11.9. The van der Waals surface area contributed by atoms with Crippen LogP contribution in [0.5, 0.6) is 0 Å². The lowest BCUT2D eigenvalue weighted by atomic mass is 9.94. The van der Waals surface area contributed by atoms with Gasteiger partial charge >= 0.3 is 0 Å². The average molecular weight is 236 g/mol. The molecule has 0 aromatic rings. The number of aliphatic hydroxyl groups excluding tert-OH is 1. The van der Waals surface area contributed by atoms with Crippen molar-refractivity contribution in [3.63, 3.8) is 0 Å². The largest absolute Gasteiger partial charge is 0.393 e. The zero-order valence-corrected chi connectivity index (χ0v) is 10.9. The Morgan fingerprint density at radius 3 is 2.07 bits per heavy atom. The lowest BCUT2D eigenvalue weighted by molar-refractivity contribution is 0.0937. The molecule has 15 heavy (non-hydrogen) atoms. The van der Waals surface area contributed by atoms with Crippen molar-refractivity contribution in [3.8, 4) is 0 Å². The number of rotatable bonds is 8. The third-order valence-electron chi connectivity index (χ3n) is 2.99. The van der Waals surface area contributed by atoms with Crippen LogP contribution in [0.2, 0.25) is 0 Å². The Morgan fingerprint density at radius 1 is 1.13 bits per heavy atom. The molecule has 0 amide bonds. The van der Waals surface area contributed by atoms with E-state index in [0.29, 0.717) is 18.8 Å². The fraction of sp³-hybridized carbons (Fsp3) is 1.00. The molecule has 0 fully saturated rings. The number of hydrogen-bond acceptors (Lipinski definition) is 3. The Bertz CT molecular complexity index is 243. The lowest BCUT2D eigenvalue weighted by Gasteiger charge is -2.19. The summed E-state index contributed by atoms with van der Waals surface area (Å²) in [4.78, 5) is 0. The first-order valence-corrected chi connectivity index (χ1v) is 7.67. The van der Waals surface area contributed by atoms with Gasteiger partial charge < -0.3 is 5.11 Å². The Morgan fingerprint density at radius 2 is 1.67 bits per heavy atom. The van der Waals surface area contributed by atoms with Gasteiger partial charge in [0.25, 0.3) is 0 Å². The molecule has 0 aliphatic rings. The van der Waals surface area contributed by atoms with Crippen molar-refractivity contribution in [2.45, 2.75) is 52.6 Å². The van der Waals surface area contributed by atoms with Gasteiger partial charge in [-0.1, -0.05) is 33.6 Å². The first-order valence-electron chi connectivity index (χ1n) is 5.85. The predicted molar refractivity (Wildman–Crippen MR) is 63.6 cm³/mol. The monoisotopic (exact) mass is 236 g/mol. The van der Waals surface area contributed by atoms with E-state index in [9.17, 15) is 13.5 Å². The molecule has 0 saturated carbocycles. The van der Waals surface area contributed by atoms with Crippen molar-refractivity contribution >= 4 is 9.84 Å². The highest BCUT2D eigenvalue weighted by Crippen LogP contribution is 2.17. The molecule has 0 aliphatic carbocycles. The molecule has 4 heteroatoms. The fourth-order valence-corrected chi connectivity index (χ4v) is 2.62. The second kappa shape index (κ2) is 7.23. The van der Waals surface area contributed by atoms with Crippen molar-refractivity contribution in [3.05, 3.63) is 0 Å². The maximum Gasteiger partial charge on any atom is 0.150 e. The molecule has 0 spiro atoms. The molecule has 92 valence electrons. The quantitative estimate of drug-likeness (QED) is 0.701. The molecule has 1 unspecified atom stereocenters. The molecule has 0 aromatic carbocycles. The van der Waals surface area contributed by atoms with Gasteiger partial charge in [0.2, 0.25) is 0 Å². The van der Waals surface area contributed by atoms with Crippen LogP contribution < -0.4 is 0 Å². The molecular formula is C11H24O3S. The van der Waals surface area contributed by atoms with Crippen molar-refractivity contribution < 1.29 is 13.5 Å². The third-order valence-corrected chi connectivity index (χ3v) is 4.78. The molecule has 3 nitrogen and oxygen atoms in total. The minimum atomic E-state index is -2.87. The van der Waals surface area contributed by atoms with Gasteiger partial charge in [0.1, 0.15) is 9.84 Å². The number of sulfone groups is 1. The Kier molecular flexibility index (Phi) is 7.18. The van der Waals surface area contributed by atoms with Gasteiger partial charge in [-0.25, -0.2) is 8.42 Å². The standard InChI is InChI=1S/C11H24O3S/c1-4-10(5-2)11(12)8-7-9-15(13,14)6-3/h10-12H,4-9H2,1-3H3. The topological polar surface area (TPSA) is 54.4 Å². The van der Waals surface area contributed by atoms with Crippen LogP contribution >= 0.6 is 0 Å². The summed E-state index contributed by atoms with van der Waals surface area (Å²) in [5.74, 6) is 0.726. The summed E-state index contributed by atoms with van der Waals surface area (Å²) in [6, 6.07) is 0. The minimum absolute atomic E-state index is 0.202. The second-order valence-electron chi connectivity index (χ2n) is 4.02. The van der Waals surface area contributed by atoms with Crippen LogP contribution in [0.1, 0.15) is 46.5 Å². The molecule has 1 N–H and O–H groups in total. The summed E-state index contributed by atoms with van der Waals surface area (Å²) in [5, 5.41) is 9.78. The molecule has 0 aromatic heterocycles. The van der Waals surface area contributed by atoms with Gasteiger partial charge in [0, 0.05) is 5.75 Å². The van der Waals surface area contributed by atoms with Crippen LogP contribution in [0.25, 0.3) is 0 Å². The highest BCUT2D eigenvalue weighted by Gasteiger charge is 2.16. The summed E-state index contributed by atoms with van der Waals surface area (Å²) in [6.45, 7) is 5.77. The minimum Gasteiger partial charge on any atom is -0.393 e. The van der Waals surface area contributed by atoms with Crippen molar-refractivity contribution in [2.24, 2.45) is 5.92 Å². The van der Waals surface area contributed by atoms with Crippen LogP contribution in [0.15, 0.2) is 0 Å². The fourth-order valence-electron chi connectivity index (χ4n) is 1.73. The Balaban J connectivity index is 3.86. The predicted octanol–water partition coefficient (Wildman–Crippen LogP) is 2.00. The number of hydrogen-bond donors (Lipinski definition) is 1. The van der Waals surface area contributed by atoms with Crippen LogP contribution in [0.3, 0.4) is 0 Å². The number of aliphatic hydroxyl groups is 1. The van der Waals surface area contributed by atoms with E-state index in [0.717, 1.165) is 12.8 Å². The molecule has 0 saturated heterocycles. The molecule has 0 heterocycles. The van der Waals surface area contributed by atoms with E-state index < -0.39 is 9.84 Å². The van der Waals surface area contributed by atoms with Crippen LogP contribution in [-0.2, 0) is 9.84 Å². The van der Waals surface area contributed by atoms with E-state index in [-0.39, 0.29) is 17.6 Å². The maximum atomic E-state index is 11.2. The first-order chi connectivity index (χ1) is 6.96. The van der Waals surface area contributed by atoms with Crippen molar-refractivity contribution in [2.75, 3.05) is 11.5 Å². The van der Waals surface area contributed by atoms with Gasteiger partial charge in [-0.2, -0.15) is 0 Å². The normalized spacial score (nSPS) is 14.5. The molecular weight excluding hydrogens is 212 g/mol. The van der Waals surface area contributed by atoms with Crippen LogP contribution in [0, 0.1) is 5.92 Å². The van der Waals surface area contributed by atoms with E-state index in [1.807, 2.05) is 0 Å². The molecule has 0 aliphatic heterocycles. The highest BCUT2D eigenvalue weighted by atomic mass is 32.2. The van der Waals surface area contributed by atoms with Crippen molar-refractivity contribution in [1.29, 1.82) is 0 Å². The van der Waals surface area contributed by atoms with Gasteiger partial charge in [-0.15, -0.1) is 0 Å². The summed E-state index contributed by atoms with van der Waals surface area (Å²) < 4.78 is 22.4. The Labute approximate surface area is 93.8 Å². The second-order valence-corrected chi connectivity index (χ2v) is 6.50. The Hall–Kier alpha value is -0.0900. The van der Waals surface area contributed by atoms with Gasteiger partial charge in [-0.3, -0.25) is 0 Å².